The van der Waals surface area contributed by atoms with E-state index in [0.29, 0.717) is 12.8 Å². The van der Waals surface area contributed by atoms with Gasteiger partial charge in [-0.25, -0.2) is 0 Å². The Morgan fingerprint density at radius 1 is 0.349 bits per heavy atom. The van der Waals surface area contributed by atoms with Gasteiger partial charge in [0.1, 0.15) is 6.61 Å². The molecular formula is C58H112O5. The van der Waals surface area contributed by atoms with Gasteiger partial charge in [0.25, 0.3) is 0 Å². The molecule has 0 aliphatic rings. The van der Waals surface area contributed by atoms with E-state index in [2.05, 4.69) is 26.0 Å². The highest BCUT2D eigenvalue weighted by molar-refractivity contribution is 5.70. The van der Waals surface area contributed by atoms with E-state index < -0.39 is 6.10 Å². The van der Waals surface area contributed by atoms with Gasteiger partial charge in [-0.3, -0.25) is 9.59 Å². The third-order valence-corrected chi connectivity index (χ3v) is 13.3. The maximum Gasteiger partial charge on any atom is 0.306 e. The van der Waals surface area contributed by atoms with Gasteiger partial charge < -0.3 is 14.6 Å². The largest absolute Gasteiger partial charge is 0.462 e. The van der Waals surface area contributed by atoms with Crippen LogP contribution in [-0.4, -0.2) is 36.4 Å². The first-order valence-electron chi connectivity index (χ1n) is 28.7. The summed E-state index contributed by atoms with van der Waals surface area (Å²) < 4.78 is 10.7. The molecule has 1 atom stereocenters. The molecule has 0 aliphatic heterocycles. The molecule has 0 aliphatic carbocycles. The monoisotopic (exact) mass is 889 g/mol. The average molecular weight is 890 g/mol. The topological polar surface area (TPSA) is 72.8 Å². The minimum absolute atomic E-state index is 0.0626. The van der Waals surface area contributed by atoms with Gasteiger partial charge >= 0.3 is 11.9 Å². The fourth-order valence-corrected chi connectivity index (χ4v) is 8.97. The summed E-state index contributed by atoms with van der Waals surface area (Å²) in [6.07, 6.45) is 67.9. The first kappa shape index (κ1) is 61.6. The summed E-state index contributed by atoms with van der Waals surface area (Å²) in [4.78, 5) is 24.4. The average Bonchev–Trinajstić information content (AvgIpc) is 3.29. The van der Waals surface area contributed by atoms with Crippen molar-refractivity contribution in [1.29, 1.82) is 0 Å². The van der Waals surface area contributed by atoms with Crippen LogP contribution in [0.2, 0.25) is 0 Å². The van der Waals surface area contributed by atoms with Crippen molar-refractivity contribution >= 4 is 11.9 Å². The van der Waals surface area contributed by atoms with Gasteiger partial charge in [-0.2, -0.15) is 0 Å². The fraction of sp³-hybridized carbons (Fsp3) is 0.931. The van der Waals surface area contributed by atoms with E-state index >= 15 is 0 Å². The van der Waals surface area contributed by atoms with Crippen LogP contribution in [0, 0.1) is 0 Å². The number of aliphatic hydroxyl groups excluding tert-OH is 1. The number of carbonyl (C=O) groups excluding carboxylic acids is 2. The first-order chi connectivity index (χ1) is 31.1. The molecular weight excluding hydrogens is 777 g/mol. The lowest BCUT2D eigenvalue weighted by atomic mass is 10.0. The quantitative estimate of drug-likeness (QED) is 0.0374. The Labute approximate surface area is 394 Å². The second kappa shape index (κ2) is 55.0. The molecule has 0 saturated carbocycles. The number of esters is 2. The number of allylic oxidation sites excluding steroid dienone is 2. The Balaban J connectivity index is 3.33. The molecule has 0 heterocycles. The second-order valence-electron chi connectivity index (χ2n) is 19.7. The van der Waals surface area contributed by atoms with Gasteiger partial charge in [0.15, 0.2) is 6.10 Å². The summed E-state index contributed by atoms with van der Waals surface area (Å²) in [7, 11) is 0. The Bertz CT molecular complexity index is 917. The molecule has 1 N–H and O–H groups in total. The highest BCUT2D eigenvalue weighted by Crippen LogP contribution is 2.18. The van der Waals surface area contributed by atoms with Crippen molar-refractivity contribution in [1.82, 2.24) is 0 Å². The summed E-state index contributed by atoms with van der Waals surface area (Å²) in [5, 5.41) is 9.61. The highest BCUT2D eigenvalue weighted by Gasteiger charge is 2.16. The molecule has 0 fully saturated rings. The summed E-state index contributed by atoms with van der Waals surface area (Å²) in [6.45, 7) is 4.16. The van der Waals surface area contributed by atoms with E-state index in [1.807, 2.05) is 0 Å². The van der Waals surface area contributed by atoms with Crippen LogP contribution >= 0.6 is 0 Å². The molecule has 5 heteroatoms. The molecule has 0 aromatic heterocycles. The van der Waals surface area contributed by atoms with E-state index in [0.717, 1.165) is 38.5 Å². The molecule has 5 nitrogen and oxygen atoms in total. The molecule has 0 saturated heterocycles. The van der Waals surface area contributed by atoms with Crippen molar-refractivity contribution in [3.05, 3.63) is 12.2 Å². The van der Waals surface area contributed by atoms with E-state index in [-0.39, 0.29) is 25.2 Å². The smallest absolute Gasteiger partial charge is 0.306 e. The Morgan fingerprint density at radius 2 is 0.587 bits per heavy atom. The Kier molecular flexibility index (Phi) is 53.8. The molecule has 63 heavy (non-hydrogen) atoms. The number of hydrogen-bond donors (Lipinski definition) is 1. The zero-order chi connectivity index (χ0) is 45.6. The van der Waals surface area contributed by atoms with Crippen LogP contribution < -0.4 is 0 Å². The van der Waals surface area contributed by atoms with Crippen molar-refractivity contribution in [2.45, 2.75) is 335 Å². The maximum atomic E-state index is 12.2. The Hall–Kier alpha value is -1.36. The van der Waals surface area contributed by atoms with E-state index in [9.17, 15) is 14.7 Å². The van der Waals surface area contributed by atoms with E-state index in [1.165, 1.54) is 263 Å². The standard InChI is InChI=1S/C58H112O5/c1-3-5-7-9-11-13-15-17-18-19-20-21-22-23-24-25-26-27-28-29-30-31-32-33-34-35-36-37-38-39-41-42-44-46-48-50-52-57(60)62-55-56(54-59)63-58(61)53-51-49-47-45-43-40-16-14-12-10-8-6-4-2/h14,16,56,59H,3-13,15,17-55H2,1-2H3/b16-14-. The summed E-state index contributed by atoms with van der Waals surface area (Å²) in [5.74, 6) is -0.583. The van der Waals surface area contributed by atoms with Crippen LogP contribution in [-0.2, 0) is 19.1 Å². The van der Waals surface area contributed by atoms with Gasteiger partial charge in [-0.15, -0.1) is 0 Å². The van der Waals surface area contributed by atoms with Gasteiger partial charge in [0.05, 0.1) is 6.61 Å². The maximum absolute atomic E-state index is 12.2. The van der Waals surface area contributed by atoms with Crippen molar-refractivity contribution < 1.29 is 24.2 Å². The van der Waals surface area contributed by atoms with Crippen LogP contribution in [0.4, 0.5) is 0 Å². The lowest BCUT2D eigenvalue weighted by Crippen LogP contribution is -2.28. The zero-order valence-corrected chi connectivity index (χ0v) is 42.9. The molecule has 0 spiro atoms. The van der Waals surface area contributed by atoms with Crippen molar-refractivity contribution in [2.75, 3.05) is 13.2 Å². The van der Waals surface area contributed by atoms with Gasteiger partial charge in [-0.05, 0) is 38.5 Å². The molecule has 374 valence electrons. The predicted molar refractivity (Wildman–Crippen MR) is 275 cm³/mol. The number of unbranched alkanes of at least 4 members (excludes halogenated alkanes) is 44. The number of ether oxygens (including phenoxy) is 2. The van der Waals surface area contributed by atoms with Crippen LogP contribution in [0.1, 0.15) is 328 Å². The zero-order valence-electron chi connectivity index (χ0n) is 42.9. The van der Waals surface area contributed by atoms with E-state index in [1.54, 1.807) is 0 Å². The van der Waals surface area contributed by atoms with Crippen molar-refractivity contribution in [3.63, 3.8) is 0 Å². The minimum Gasteiger partial charge on any atom is -0.462 e. The van der Waals surface area contributed by atoms with E-state index in [4.69, 9.17) is 9.47 Å². The van der Waals surface area contributed by atoms with Crippen molar-refractivity contribution in [3.8, 4) is 0 Å². The normalized spacial score (nSPS) is 12.1. The number of aliphatic hydroxyl groups is 1. The summed E-state index contributed by atoms with van der Waals surface area (Å²) in [6, 6.07) is 0. The summed E-state index contributed by atoms with van der Waals surface area (Å²) in [5.41, 5.74) is 0. The van der Waals surface area contributed by atoms with Crippen molar-refractivity contribution in [2.24, 2.45) is 0 Å². The lowest BCUT2D eigenvalue weighted by molar-refractivity contribution is -0.161. The molecule has 0 amide bonds. The molecule has 0 rings (SSSR count). The van der Waals surface area contributed by atoms with Crippen LogP contribution in [0.5, 0.6) is 0 Å². The minimum atomic E-state index is -0.770. The first-order valence-corrected chi connectivity index (χ1v) is 28.7. The summed E-state index contributed by atoms with van der Waals surface area (Å²) >= 11 is 0. The van der Waals surface area contributed by atoms with Gasteiger partial charge in [-0.1, -0.05) is 289 Å². The van der Waals surface area contributed by atoms with Gasteiger partial charge in [0, 0.05) is 12.8 Å². The molecule has 1 unspecified atom stereocenters. The number of rotatable bonds is 54. The number of carbonyl (C=O) groups is 2. The fourth-order valence-electron chi connectivity index (χ4n) is 8.97. The molecule has 0 aromatic carbocycles. The number of hydrogen-bond acceptors (Lipinski definition) is 5. The van der Waals surface area contributed by atoms with Crippen LogP contribution in [0.3, 0.4) is 0 Å². The van der Waals surface area contributed by atoms with Gasteiger partial charge in [0.2, 0.25) is 0 Å². The Morgan fingerprint density at radius 3 is 0.873 bits per heavy atom. The SMILES string of the molecule is CCCCCC/C=C\CCCCCCCC(=O)OC(CO)COC(=O)CCCCCCCCCCCCCCCCCCCCCCCCCCCCCCCCCCCCCC. The molecule has 0 bridgehead atoms. The predicted octanol–water partition coefficient (Wildman–Crippen LogP) is 19.1. The highest BCUT2D eigenvalue weighted by atomic mass is 16.6. The van der Waals surface area contributed by atoms with Crippen LogP contribution in [0.15, 0.2) is 12.2 Å². The van der Waals surface area contributed by atoms with Crippen LogP contribution in [0.25, 0.3) is 0 Å². The lowest BCUT2D eigenvalue weighted by Gasteiger charge is -2.15. The second-order valence-corrected chi connectivity index (χ2v) is 19.7. The third-order valence-electron chi connectivity index (χ3n) is 13.3. The third kappa shape index (κ3) is 53.1. The molecule has 0 aromatic rings. The molecule has 0 radical (unpaired) electrons.